The van der Waals surface area contributed by atoms with Crippen LogP contribution >= 0.6 is 0 Å². The van der Waals surface area contributed by atoms with Crippen LogP contribution in [0.15, 0.2) is 29.4 Å². The maximum Gasteiger partial charge on any atom is 0.329 e. The van der Waals surface area contributed by atoms with E-state index >= 15 is 0 Å². The molecule has 1 aromatic rings. The highest BCUT2D eigenvalue weighted by atomic mass is 16.3. The predicted octanol–water partition coefficient (Wildman–Crippen LogP) is 0.367. The van der Waals surface area contributed by atoms with Crippen molar-refractivity contribution in [1.29, 1.82) is 0 Å². The Bertz CT molecular complexity index is 469. The fourth-order valence-corrected chi connectivity index (χ4v) is 1.15. The quantitative estimate of drug-likeness (QED) is 0.410. The van der Waals surface area contributed by atoms with E-state index in [9.17, 15) is 14.7 Å². The number of hydrazone groups is 1. The molecule has 0 saturated heterocycles. The van der Waals surface area contributed by atoms with Gasteiger partial charge in [-0.05, 0) is 31.5 Å². The van der Waals surface area contributed by atoms with E-state index < -0.39 is 11.8 Å². The van der Waals surface area contributed by atoms with Gasteiger partial charge in [0.1, 0.15) is 5.75 Å². The van der Waals surface area contributed by atoms with Crippen molar-refractivity contribution < 1.29 is 14.7 Å². The van der Waals surface area contributed by atoms with Crippen molar-refractivity contribution in [3.63, 3.8) is 0 Å². The summed E-state index contributed by atoms with van der Waals surface area (Å²) in [5, 5.41) is 15.2. The Hall–Kier alpha value is -2.37. The summed E-state index contributed by atoms with van der Waals surface area (Å²) in [6.07, 6.45) is 1.33. The first-order chi connectivity index (χ1) is 8.49. The van der Waals surface area contributed by atoms with Crippen LogP contribution in [0.2, 0.25) is 0 Å². The van der Waals surface area contributed by atoms with E-state index in [0.717, 1.165) is 0 Å². The second-order valence-electron chi connectivity index (χ2n) is 3.92. The zero-order valence-corrected chi connectivity index (χ0v) is 10.2. The molecule has 1 aromatic carbocycles. The number of hydrogen-bond acceptors (Lipinski definition) is 4. The Kier molecular flexibility index (Phi) is 4.86. The summed E-state index contributed by atoms with van der Waals surface area (Å²) in [5.41, 5.74) is 2.70. The molecule has 0 aromatic heterocycles. The molecule has 18 heavy (non-hydrogen) atoms. The van der Waals surface area contributed by atoms with Crippen LogP contribution in [-0.2, 0) is 9.59 Å². The monoisotopic (exact) mass is 249 g/mol. The molecule has 0 aliphatic carbocycles. The second-order valence-corrected chi connectivity index (χ2v) is 3.92. The van der Waals surface area contributed by atoms with Crippen LogP contribution in [0.1, 0.15) is 19.4 Å². The highest BCUT2D eigenvalue weighted by Gasteiger charge is 2.12. The van der Waals surface area contributed by atoms with Gasteiger partial charge >= 0.3 is 11.8 Å². The molecule has 0 atom stereocenters. The number of phenolic OH excluding ortho intramolecular Hbond substituents is 1. The lowest BCUT2D eigenvalue weighted by Crippen LogP contribution is -2.41. The summed E-state index contributed by atoms with van der Waals surface area (Å²) < 4.78 is 0. The molecule has 0 fully saturated rings. The van der Waals surface area contributed by atoms with Gasteiger partial charge in [-0.3, -0.25) is 9.59 Å². The number of phenols is 1. The number of carbonyl (C=O) groups is 2. The van der Waals surface area contributed by atoms with Crippen molar-refractivity contribution in [2.45, 2.75) is 19.9 Å². The minimum absolute atomic E-state index is 0.0998. The zero-order chi connectivity index (χ0) is 13.5. The van der Waals surface area contributed by atoms with Crippen molar-refractivity contribution in [3.05, 3.63) is 29.8 Å². The molecule has 96 valence electrons. The zero-order valence-electron chi connectivity index (χ0n) is 10.2. The molecule has 0 bridgehead atoms. The van der Waals surface area contributed by atoms with Gasteiger partial charge in [-0.2, -0.15) is 5.10 Å². The third-order valence-electron chi connectivity index (χ3n) is 1.88. The SMILES string of the molecule is CC(C)NC(=O)C(=O)N/N=C\c1cccc(O)c1. The third kappa shape index (κ3) is 4.65. The normalized spacial score (nSPS) is 10.6. The van der Waals surface area contributed by atoms with E-state index in [0.29, 0.717) is 5.56 Å². The maximum absolute atomic E-state index is 11.2. The predicted molar refractivity (Wildman–Crippen MR) is 67.1 cm³/mol. The number of nitrogens with zero attached hydrogens (tertiary/aromatic N) is 1. The Labute approximate surface area is 105 Å². The average Bonchev–Trinajstić information content (AvgIpc) is 2.28. The molecule has 1 rings (SSSR count). The fraction of sp³-hybridized carbons (Fsp3) is 0.250. The van der Waals surface area contributed by atoms with Crippen LogP contribution < -0.4 is 10.7 Å². The minimum Gasteiger partial charge on any atom is -0.508 e. The molecule has 6 heteroatoms. The number of aromatic hydroxyl groups is 1. The molecular weight excluding hydrogens is 234 g/mol. The average molecular weight is 249 g/mol. The molecule has 0 heterocycles. The van der Waals surface area contributed by atoms with Crippen LogP contribution in [0, 0.1) is 0 Å². The number of rotatable bonds is 3. The van der Waals surface area contributed by atoms with E-state index in [1.807, 2.05) is 0 Å². The van der Waals surface area contributed by atoms with E-state index in [1.165, 1.54) is 18.3 Å². The number of nitrogens with one attached hydrogen (secondary N) is 2. The van der Waals surface area contributed by atoms with Gasteiger partial charge in [0.05, 0.1) is 6.21 Å². The summed E-state index contributed by atoms with van der Waals surface area (Å²) in [7, 11) is 0. The first kappa shape index (κ1) is 13.7. The Morgan fingerprint density at radius 2 is 2.06 bits per heavy atom. The van der Waals surface area contributed by atoms with E-state index in [4.69, 9.17) is 0 Å². The van der Waals surface area contributed by atoms with E-state index in [2.05, 4.69) is 15.8 Å². The molecular formula is C12H15N3O3. The first-order valence-corrected chi connectivity index (χ1v) is 5.42. The fourth-order valence-electron chi connectivity index (χ4n) is 1.15. The van der Waals surface area contributed by atoms with Gasteiger partial charge in [-0.15, -0.1) is 0 Å². The van der Waals surface area contributed by atoms with E-state index in [-0.39, 0.29) is 11.8 Å². The van der Waals surface area contributed by atoms with Gasteiger partial charge in [0.25, 0.3) is 0 Å². The molecule has 3 N–H and O–H groups in total. The largest absolute Gasteiger partial charge is 0.508 e. The summed E-state index contributed by atoms with van der Waals surface area (Å²) in [4.78, 5) is 22.5. The van der Waals surface area contributed by atoms with Crippen molar-refractivity contribution in [2.24, 2.45) is 5.10 Å². The molecule has 2 amide bonds. The first-order valence-electron chi connectivity index (χ1n) is 5.42. The molecule has 0 aliphatic heterocycles. The number of hydrogen-bond donors (Lipinski definition) is 3. The lowest BCUT2D eigenvalue weighted by molar-refractivity contribution is -0.139. The Morgan fingerprint density at radius 1 is 1.33 bits per heavy atom. The van der Waals surface area contributed by atoms with Gasteiger partial charge in [-0.25, -0.2) is 5.43 Å². The summed E-state index contributed by atoms with van der Waals surface area (Å²) in [6, 6.07) is 6.22. The molecule has 0 unspecified atom stereocenters. The molecule has 0 radical (unpaired) electrons. The van der Waals surface area contributed by atoms with Crippen LogP contribution in [-0.4, -0.2) is 29.2 Å². The van der Waals surface area contributed by atoms with Gasteiger partial charge in [0, 0.05) is 6.04 Å². The van der Waals surface area contributed by atoms with Crippen molar-refractivity contribution in [2.75, 3.05) is 0 Å². The van der Waals surface area contributed by atoms with Gasteiger partial charge in [-0.1, -0.05) is 12.1 Å². The van der Waals surface area contributed by atoms with E-state index in [1.54, 1.807) is 26.0 Å². The molecule has 0 spiro atoms. The summed E-state index contributed by atoms with van der Waals surface area (Å²) >= 11 is 0. The lowest BCUT2D eigenvalue weighted by atomic mass is 10.2. The molecule has 6 nitrogen and oxygen atoms in total. The highest BCUT2D eigenvalue weighted by Crippen LogP contribution is 2.08. The van der Waals surface area contributed by atoms with Crippen LogP contribution in [0.5, 0.6) is 5.75 Å². The van der Waals surface area contributed by atoms with Crippen LogP contribution in [0.25, 0.3) is 0 Å². The second kappa shape index (κ2) is 6.39. The van der Waals surface area contributed by atoms with Gasteiger partial charge in [0.2, 0.25) is 0 Å². The maximum atomic E-state index is 11.2. The summed E-state index contributed by atoms with van der Waals surface area (Å²) in [5.74, 6) is -1.47. The third-order valence-corrected chi connectivity index (χ3v) is 1.88. The van der Waals surface area contributed by atoms with Crippen molar-refractivity contribution in [1.82, 2.24) is 10.7 Å². The lowest BCUT2D eigenvalue weighted by Gasteiger charge is -2.05. The van der Waals surface area contributed by atoms with Gasteiger partial charge < -0.3 is 10.4 Å². The number of carbonyl (C=O) groups excluding carboxylic acids is 2. The van der Waals surface area contributed by atoms with Crippen molar-refractivity contribution >= 4 is 18.0 Å². The minimum atomic E-state index is -0.833. The Balaban J connectivity index is 2.50. The van der Waals surface area contributed by atoms with Gasteiger partial charge in [0.15, 0.2) is 0 Å². The highest BCUT2D eigenvalue weighted by molar-refractivity contribution is 6.35. The van der Waals surface area contributed by atoms with Crippen LogP contribution in [0.4, 0.5) is 0 Å². The topological polar surface area (TPSA) is 90.8 Å². The van der Waals surface area contributed by atoms with Crippen LogP contribution in [0.3, 0.4) is 0 Å². The standard InChI is InChI=1S/C12H15N3O3/c1-8(2)14-11(17)12(18)15-13-7-9-4-3-5-10(16)6-9/h3-8,16H,1-2H3,(H,14,17)(H,15,18)/b13-7-. The number of amides is 2. The molecule has 0 aliphatic rings. The number of benzene rings is 1. The summed E-state index contributed by atoms with van der Waals surface area (Å²) in [6.45, 7) is 3.50. The molecule has 0 saturated carbocycles. The van der Waals surface area contributed by atoms with Crippen molar-refractivity contribution in [3.8, 4) is 5.75 Å². The Morgan fingerprint density at radius 3 is 2.67 bits per heavy atom. The smallest absolute Gasteiger partial charge is 0.329 e.